The van der Waals surface area contributed by atoms with Crippen LogP contribution in [0.25, 0.3) is 0 Å². The largest absolute Gasteiger partial charge is 0.496 e. The van der Waals surface area contributed by atoms with Gasteiger partial charge in [-0.1, -0.05) is 18.2 Å². The quantitative estimate of drug-likeness (QED) is 0.741. The molecule has 0 fully saturated rings. The predicted molar refractivity (Wildman–Crippen MR) is 69.2 cm³/mol. The van der Waals surface area contributed by atoms with Crippen molar-refractivity contribution in [3.8, 4) is 5.75 Å². The zero-order chi connectivity index (χ0) is 11.8. The van der Waals surface area contributed by atoms with Gasteiger partial charge in [0.05, 0.1) is 7.11 Å². The fraction of sp³-hybridized carbons (Fsp3) is 0.538. The third kappa shape index (κ3) is 4.42. The number of methoxy groups -OCH3 is 1. The second-order valence-corrected chi connectivity index (χ2v) is 4.30. The third-order valence-electron chi connectivity index (χ3n) is 2.60. The molecule has 0 heterocycles. The zero-order valence-electron chi connectivity index (χ0n) is 10.0. The van der Waals surface area contributed by atoms with Crippen molar-refractivity contribution in [1.82, 2.24) is 5.32 Å². The monoisotopic (exact) mass is 241 g/mol. The maximum absolute atomic E-state index is 5.66. The van der Waals surface area contributed by atoms with Crippen LogP contribution in [0.1, 0.15) is 25.3 Å². The molecule has 1 N–H and O–H groups in total. The topological polar surface area (TPSA) is 21.3 Å². The van der Waals surface area contributed by atoms with Gasteiger partial charge >= 0.3 is 0 Å². The van der Waals surface area contributed by atoms with E-state index in [9.17, 15) is 0 Å². The molecule has 0 bridgehead atoms. The van der Waals surface area contributed by atoms with Crippen molar-refractivity contribution < 1.29 is 4.74 Å². The molecule has 0 amide bonds. The number of halogens is 1. The Bertz CT molecular complexity index is 304. The Labute approximate surface area is 103 Å². The summed E-state index contributed by atoms with van der Waals surface area (Å²) >= 11 is 5.66. The van der Waals surface area contributed by atoms with Crippen molar-refractivity contribution in [1.29, 1.82) is 0 Å². The van der Waals surface area contributed by atoms with Crippen LogP contribution in [0.2, 0.25) is 0 Å². The van der Waals surface area contributed by atoms with Gasteiger partial charge in [0.15, 0.2) is 0 Å². The van der Waals surface area contributed by atoms with Crippen LogP contribution in [0.4, 0.5) is 0 Å². The first-order valence-electron chi connectivity index (χ1n) is 5.69. The standard InChI is InChI=1S/C13H20ClNO/c1-11(6-5-9-14)15-10-12-7-3-4-8-13(12)16-2/h3-4,7-8,11,15H,5-6,9-10H2,1-2H3. The molecule has 3 heteroatoms. The number of ether oxygens (including phenoxy) is 1. The molecular formula is C13H20ClNO. The lowest BCUT2D eigenvalue weighted by Gasteiger charge is -2.14. The highest BCUT2D eigenvalue weighted by molar-refractivity contribution is 6.17. The Morgan fingerprint density at radius 2 is 2.12 bits per heavy atom. The van der Waals surface area contributed by atoms with Gasteiger partial charge in [-0.25, -0.2) is 0 Å². The summed E-state index contributed by atoms with van der Waals surface area (Å²) < 4.78 is 5.30. The van der Waals surface area contributed by atoms with Gasteiger partial charge in [0.25, 0.3) is 0 Å². The first-order valence-corrected chi connectivity index (χ1v) is 6.22. The molecule has 1 rings (SSSR count). The molecule has 1 aromatic rings. The minimum absolute atomic E-state index is 0.490. The average molecular weight is 242 g/mol. The van der Waals surface area contributed by atoms with Crippen LogP contribution in [0.3, 0.4) is 0 Å². The van der Waals surface area contributed by atoms with E-state index in [1.807, 2.05) is 18.2 Å². The van der Waals surface area contributed by atoms with Gasteiger partial charge in [-0.3, -0.25) is 0 Å². The Kier molecular flexibility index (Phi) is 6.27. The SMILES string of the molecule is COc1ccccc1CNC(C)CCCCl. The normalized spacial score (nSPS) is 12.4. The summed E-state index contributed by atoms with van der Waals surface area (Å²) in [6.45, 7) is 3.02. The molecular weight excluding hydrogens is 222 g/mol. The average Bonchev–Trinajstić information content (AvgIpc) is 2.34. The van der Waals surface area contributed by atoms with Crippen LogP contribution in [-0.2, 0) is 6.54 Å². The van der Waals surface area contributed by atoms with Crippen molar-refractivity contribution in [3.63, 3.8) is 0 Å². The first-order chi connectivity index (χ1) is 7.77. The van der Waals surface area contributed by atoms with E-state index in [2.05, 4.69) is 18.3 Å². The Morgan fingerprint density at radius 3 is 2.81 bits per heavy atom. The van der Waals surface area contributed by atoms with Crippen LogP contribution in [0, 0.1) is 0 Å². The van der Waals surface area contributed by atoms with Crippen molar-refractivity contribution in [2.75, 3.05) is 13.0 Å². The number of nitrogens with one attached hydrogen (secondary N) is 1. The molecule has 0 aliphatic carbocycles. The number of rotatable bonds is 7. The summed E-state index contributed by atoms with van der Waals surface area (Å²) in [4.78, 5) is 0. The Balaban J connectivity index is 2.41. The van der Waals surface area contributed by atoms with Crippen molar-refractivity contribution in [2.45, 2.75) is 32.4 Å². The molecule has 2 nitrogen and oxygen atoms in total. The lowest BCUT2D eigenvalue weighted by molar-refractivity contribution is 0.404. The first kappa shape index (κ1) is 13.3. The number of benzene rings is 1. The van der Waals surface area contributed by atoms with E-state index in [1.165, 1.54) is 5.56 Å². The van der Waals surface area contributed by atoms with E-state index >= 15 is 0 Å². The number of alkyl halides is 1. The molecule has 90 valence electrons. The van der Waals surface area contributed by atoms with Crippen LogP contribution < -0.4 is 10.1 Å². The lowest BCUT2D eigenvalue weighted by atomic mass is 10.1. The van der Waals surface area contributed by atoms with Crippen LogP contribution >= 0.6 is 11.6 Å². The van der Waals surface area contributed by atoms with E-state index in [4.69, 9.17) is 16.3 Å². The van der Waals surface area contributed by atoms with Gasteiger partial charge in [0, 0.05) is 24.0 Å². The summed E-state index contributed by atoms with van der Waals surface area (Å²) in [5, 5.41) is 3.47. The van der Waals surface area contributed by atoms with Gasteiger partial charge < -0.3 is 10.1 Å². The van der Waals surface area contributed by atoms with Gasteiger partial charge in [0.1, 0.15) is 5.75 Å². The van der Waals surface area contributed by atoms with Gasteiger partial charge in [-0.2, -0.15) is 0 Å². The maximum Gasteiger partial charge on any atom is 0.123 e. The molecule has 16 heavy (non-hydrogen) atoms. The summed E-state index contributed by atoms with van der Waals surface area (Å²) in [5.41, 5.74) is 1.20. The smallest absolute Gasteiger partial charge is 0.123 e. The predicted octanol–water partition coefficient (Wildman–Crippen LogP) is 3.19. The Morgan fingerprint density at radius 1 is 1.38 bits per heavy atom. The maximum atomic E-state index is 5.66. The van der Waals surface area contributed by atoms with Gasteiger partial charge in [-0.05, 0) is 25.8 Å². The second-order valence-electron chi connectivity index (χ2n) is 3.93. The molecule has 0 aliphatic rings. The Hall–Kier alpha value is -0.730. The summed E-state index contributed by atoms with van der Waals surface area (Å²) in [6, 6.07) is 8.58. The van der Waals surface area contributed by atoms with Gasteiger partial charge in [0.2, 0.25) is 0 Å². The molecule has 1 aromatic carbocycles. The number of para-hydroxylation sites is 1. The highest BCUT2D eigenvalue weighted by atomic mass is 35.5. The second kappa shape index (κ2) is 7.53. The molecule has 1 unspecified atom stereocenters. The molecule has 0 spiro atoms. The molecule has 0 aromatic heterocycles. The van der Waals surface area contributed by atoms with Crippen molar-refractivity contribution in [2.24, 2.45) is 0 Å². The van der Waals surface area contributed by atoms with Crippen molar-refractivity contribution in [3.05, 3.63) is 29.8 Å². The molecule has 0 saturated heterocycles. The van der Waals surface area contributed by atoms with Gasteiger partial charge in [-0.15, -0.1) is 11.6 Å². The summed E-state index contributed by atoms with van der Waals surface area (Å²) in [5.74, 6) is 1.68. The number of hydrogen-bond acceptors (Lipinski definition) is 2. The van der Waals surface area contributed by atoms with E-state index in [-0.39, 0.29) is 0 Å². The molecule has 1 atom stereocenters. The van der Waals surface area contributed by atoms with Crippen LogP contribution in [0.5, 0.6) is 5.75 Å². The van der Waals surface area contributed by atoms with E-state index < -0.39 is 0 Å². The van der Waals surface area contributed by atoms with Crippen LogP contribution in [-0.4, -0.2) is 19.0 Å². The number of hydrogen-bond donors (Lipinski definition) is 1. The summed E-state index contributed by atoms with van der Waals surface area (Å²) in [6.07, 6.45) is 2.17. The van der Waals surface area contributed by atoms with E-state index in [0.717, 1.165) is 31.0 Å². The van der Waals surface area contributed by atoms with Crippen molar-refractivity contribution >= 4 is 11.6 Å². The third-order valence-corrected chi connectivity index (χ3v) is 2.87. The fourth-order valence-electron chi connectivity index (χ4n) is 1.62. The highest BCUT2D eigenvalue weighted by Gasteiger charge is 2.04. The fourth-order valence-corrected chi connectivity index (χ4v) is 1.77. The lowest BCUT2D eigenvalue weighted by Crippen LogP contribution is -2.25. The zero-order valence-corrected chi connectivity index (χ0v) is 10.8. The minimum atomic E-state index is 0.490. The molecule has 0 aliphatic heterocycles. The minimum Gasteiger partial charge on any atom is -0.496 e. The van der Waals surface area contributed by atoms with Crippen LogP contribution in [0.15, 0.2) is 24.3 Å². The van der Waals surface area contributed by atoms with E-state index in [1.54, 1.807) is 7.11 Å². The highest BCUT2D eigenvalue weighted by Crippen LogP contribution is 2.17. The molecule has 0 radical (unpaired) electrons. The van der Waals surface area contributed by atoms with E-state index in [0.29, 0.717) is 6.04 Å². The molecule has 0 saturated carbocycles. The summed E-state index contributed by atoms with van der Waals surface area (Å²) in [7, 11) is 1.70.